The van der Waals surface area contributed by atoms with Crippen LogP contribution in [0.25, 0.3) is 0 Å². The molecule has 18 heavy (non-hydrogen) atoms. The maximum Gasteiger partial charge on any atom is 0.309 e. The van der Waals surface area contributed by atoms with Crippen molar-refractivity contribution in [2.45, 2.75) is 12.8 Å². The van der Waals surface area contributed by atoms with E-state index in [0.29, 0.717) is 18.8 Å². The molecule has 0 amide bonds. The normalized spacial score (nSPS) is 27.8. The highest BCUT2D eigenvalue weighted by Gasteiger charge is 2.60. The maximum atomic E-state index is 13.8. The van der Waals surface area contributed by atoms with E-state index < -0.39 is 11.6 Å². The molecule has 1 saturated carbocycles. The van der Waals surface area contributed by atoms with Gasteiger partial charge < -0.3 is 9.47 Å². The minimum absolute atomic E-state index is 0.0449. The fraction of sp³-hybridized carbons (Fsp3) is 0.462. The van der Waals surface area contributed by atoms with E-state index in [1.165, 1.54) is 0 Å². The summed E-state index contributed by atoms with van der Waals surface area (Å²) in [7, 11) is 0. The van der Waals surface area contributed by atoms with E-state index in [1.54, 1.807) is 6.92 Å². The summed E-state index contributed by atoms with van der Waals surface area (Å²) in [4.78, 5) is 11.7. The Bertz CT molecular complexity index is 515. The molecule has 0 radical (unpaired) electrons. The average Bonchev–Trinajstić information content (AvgIpc) is 3.02. The van der Waals surface area contributed by atoms with Gasteiger partial charge >= 0.3 is 5.97 Å². The zero-order valence-electron chi connectivity index (χ0n) is 9.78. The van der Waals surface area contributed by atoms with Crippen LogP contribution in [0.1, 0.15) is 18.4 Å². The monoisotopic (exact) mass is 254 g/mol. The highest BCUT2D eigenvalue weighted by Crippen LogP contribution is 2.60. The second-order valence-electron chi connectivity index (χ2n) is 4.58. The van der Waals surface area contributed by atoms with Crippen molar-refractivity contribution in [2.24, 2.45) is 11.8 Å². The summed E-state index contributed by atoms with van der Waals surface area (Å²) in [5.74, 6) is -2.06. The lowest BCUT2D eigenvalue weighted by molar-refractivity contribution is -0.145. The van der Waals surface area contributed by atoms with Crippen LogP contribution < -0.4 is 4.74 Å². The molecular weight excluding hydrogens is 242 g/mol. The summed E-state index contributed by atoms with van der Waals surface area (Å²) in [5.41, 5.74) is 0.311. The first kappa shape index (κ1) is 11.4. The summed E-state index contributed by atoms with van der Waals surface area (Å²) in [6, 6.07) is 1.99. The number of esters is 1. The third kappa shape index (κ3) is 1.57. The van der Waals surface area contributed by atoms with Crippen LogP contribution in [0.3, 0.4) is 0 Å². The van der Waals surface area contributed by atoms with Gasteiger partial charge in [-0.25, -0.2) is 8.78 Å². The minimum Gasteiger partial charge on any atom is -0.493 e. The number of fused-ring (bicyclic) bond motifs is 3. The zero-order valence-corrected chi connectivity index (χ0v) is 9.78. The molecule has 3 atom stereocenters. The number of halogens is 2. The highest BCUT2D eigenvalue weighted by molar-refractivity contribution is 5.79. The molecule has 2 aliphatic rings. The summed E-state index contributed by atoms with van der Waals surface area (Å²) in [6.07, 6.45) is 0. The molecule has 1 heterocycles. The Labute approximate surface area is 103 Å². The van der Waals surface area contributed by atoms with Crippen molar-refractivity contribution < 1.29 is 23.0 Å². The summed E-state index contributed by atoms with van der Waals surface area (Å²) < 4.78 is 37.1. The smallest absolute Gasteiger partial charge is 0.309 e. The number of carbonyl (C=O) groups excluding carboxylic acids is 1. The first-order chi connectivity index (χ1) is 8.63. The van der Waals surface area contributed by atoms with Crippen molar-refractivity contribution in [1.82, 2.24) is 0 Å². The Morgan fingerprint density at radius 3 is 3.00 bits per heavy atom. The Morgan fingerprint density at radius 2 is 2.28 bits per heavy atom. The molecule has 3 nitrogen and oxygen atoms in total. The van der Waals surface area contributed by atoms with Crippen LogP contribution in [0.4, 0.5) is 8.78 Å². The van der Waals surface area contributed by atoms with Crippen molar-refractivity contribution in [1.29, 1.82) is 0 Å². The Balaban J connectivity index is 1.93. The molecule has 1 fully saturated rings. The van der Waals surface area contributed by atoms with Crippen molar-refractivity contribution in [3.8, 4) is 5.75 Å². The molecule has 0 spiro atoms. The van der Waals surface area contributed by atoms with Gasteiger partial charge in [-0.15, -0.1) is 0 Å². The van der Waals surface area contributed by atoms with Gasteiger partial charge in [-0.05, 0) is 6.92 Å². The standard InChI is InChI=1S/C13H12F2O3/c1-2-17-13(16)11-7-5-18-9-4-6(14)3-8(15)12(9)10(7)11/h3-4,7,10-11H,2,5H2,1H3/t7-,10+,11?/m0/s1. The number of rotatable bonds is 2. The van der Waals surface area contributed by atoms with Gasteiger partial charge in [-0.1, -0.05) is 0 Å². The molecule has 1 aliphatic carbocycles. The maximum absolute atomic E-state index is 13.8. The van der Waals surface area contributed by atoms with Gasteiger partial charge in [0.2, 0.25) is 0 Å². The Hall–Kier alpha value is -1.65. The molecule has 0 aromatic heterocycles. The average molecular weight is 254 g/mol. The molecule has 1 aromatic rings. The van der Waals surface area contributed by atoms with Crippen molar-refractivity contribution in [3.05, 3.63) is 29.3 Å². The van der Waals surface area contributed by atoms with E-state index in [4.69, 9.17) is 9.47 Å². The van der Waals surface area contributed by atoms with Crippen LogP contribution in [0.15, 0.2) is 12.1 Å². The number of benzene rings is 1. The van der Waals surface area contributed by atoms with E-state index in [2.05, 4.69) is 0 Å². The Morgan fingerprint density at radius 1 is 1.50 bits per heavy atom. The topological polar surface area (TPSA) is 35.5 Å². The predicted octanol–water partition coefficient (Wildman–Crippen LogP) is 2.25. The van der Waals surface area contributed by atoms with Gasteiger partial charge in [0.15, 0.2) is 0 Å². The van der Waals surface area contributed by atoms with Crippen LogP contribution in [0, 0.1) is 23.5 Å². The molecule has 96 valence electrons. The summed E-state index contributed by atoms with van der Waals surface area (Å²) >= 11 is 0. The van der Waals surface area contributed by atoms with Crippen LogP contribution >= 0.6 is 0 Å². The fourth-order valence-electron chi connectivity index (χ4n) is 2.72. The van der Waals surface area contributed by atoms with Gasteiger partial charge in [0.1, 0.15) is 17.4 Å². The lowest BCUT2D eigenvalue weighted by Gasteiger charge is -2.16. The molecule has 0 bridgehead atoms. The van der Waals surface area contributed by atoms with Crippen LogP contribution in [0.2, 0.25) is 0 Å². The predicted molar refractivity (Wildman–Crippen MR) is 58.2 cm³/mol. The lowest BCUT2D eigenvalue weighted by Crippen LogP contribution is -2.11. The van der Waals surface area contributed by atoms with E-state index in [0.717, 1.165) is 12.1 Å². The lowest BCUT2D eigenvalue weighted by atomic mass is 10.0. The van der Waals surface area contributed by atoms with Gasteiger partial charge in [0.25, 0.3) is 0 Å². The van der Waals surface area contributed by atoms with Gasteiger partial charge in [0.05, 0.1) is 19.1 Å². The Kier molecular flexibility index (Phi) is 2.50. The second kappa shape index (κ2) is 3.93. The van der Waals surface area contributed by atoms with Crippen LogP contribution in [-0.4, -0.2) is 19.2 Å². The molecule has 1 aliphatic heterocycles. The van der Waals surface area contributed by atoms with E-state index in [-0.39, 0.29) is 29.5 Å². The second-order valence-corrected chi connectivity index (χ2v) is 4.58. The molecule has 5 heteroatoms. The third-order valence-electron chi connectivity index (χ3n) is 3.55. The molecule has 1 aromatic carbocycles. The fourth-order valence-corrected chi connectivity index (χ4v) is 2.72. The van der Waals surface area contributed by atoms with Gasteiger partial charge in [0, 0.05) is 29.5 Å². The van der Waals surface area contributed by atoms with E-state index in [9.17, 15) is 13.6 Å². The number of carbonyl (C=O) groups is 1. The van der Waals surface area contributed by atoms with Crippen LogP contribution in [-0.2, 0) is 9.53 Å². The number of hydrogen-bond donors (Lipinski definition) is 0. The van der Waals surface area contributed by atoms with Crippen molar-refractivity contribution in [2.75, 3.05) is 13.2 Å². The van der Waals surface area contributed by atoms with Crippen molar-refractivity contribution in [3.63, 3.8) is 0 Å². The first-order valence-electron chi connectivity index (χ1n) is 5.92. The largest absolute Gasteiger partial charge is 0.493 e. The molecular formula is C13H12F2O3. The summed E-state index contributed by atoms with van der Waals surface area (Å²) in [5, 5.41) is 0. The quantitative estimate of drug-likeness (QED) is 0.759. The number of hydrogen-bond acceptors (Lipinski definition) is 3. The van der Waals surface area contributed by atoms with Gasteiger partial charge in [-0.3, -0.25) is 4.79 Å². The third-order valence-corrected chi connectivity index (χ3v) is 3.55. The van der Waals surface area contributed by atoms with E-state index >= 15 is 0 Å². The minimum atomic E-state index is -0.668. The molecule has 0 N–H and O–H groups in total. The zero-order chi connectivity index (χ0) is 12.9. The molecule has 1 unspecified atom stereocenters. The van der Waals surface area contributed by atoms with Crippen molar-refractivity contribution >= 4 is 5.97 Å². The van der Waals surface area contributed by atoms with E-state index in [1.807, 2.05) is 0 Å². The van der Waals surface area contributed by atoms with Crippen LogP contribution in [0.5, 0.6) is 5.75 Å². The number of ether oxygens (including phenoxy) is 2. The first-order valence-corrected chi connectivity index (χ1v) is 5.92. The molecule has 3 rings (SSSR count). The van der Waals surface area contributed by atoms with Gasteiger partial charge in [-0.2, -0.15) is 0 Å². The summed E-state index contributed by atoms with van der Waals surface area (Å²) in [6.45, 7) is 2.34. The highest BCUT2D eigenvalue weighted by atomic mass is 19.1. The molecule has 0 saturated heterocycles. The SMILES string of the molecule is CCOC(=O)C1[C@H]2COc3cc(F)cc(F)c3[C@@H]12.